The van der Waals surface area contributed by atoms with Crippen LogP contribution in [0.25, 0.3) is 0 Å². The molecule has 3 heterocycles. The molecule has 3 fully saturated rings. The molecule has 0 spiro atoms. The third-order valence-corrected chi connectivity index (χ3v) is 11.2. The second-order valence-electron chi connectivity index (χ2n) is 13.0. The van der Waals surface area contributed by atoms with Crippen molar-refractivity contribution in [2.75, 3.05) is 56.5 Å². The van der Waals surface area contributed by atoms with E-state index in [1.807, 2.05) is 13.8 Å². The first kappa shape index (κ1) is 33.0. The Balaban J connectivity index is 1.17. The van der Waals surface area contributed by atoms with Gasteiger partial charge < -0.3 is 19.9 Å². The second-order valence-corrected chi connectivity index (χ2v) is 15.1. The average Bonchev–Trinajstić information content (AvgIpc) is 3.02. The van der Waals surface area contributed by atoms with E-state index in [0.29, 0.717) is 34.8 Å². The number of rotatable bonds is 11. The summed E-state index contributed by atoms with van der Waals surface area (Å²) in [5.74, 6) is 1.72. The van der Waals surface area contributed by atoms with Gasteiger partial charge in [-0.25, -0.2) is 23.1 Å². The SMILES string of the molecule is CC(C)Oc1cc(N2CCC(N3CCN(C)CC3)CC2)ccc1Cc1ncc(Cl)c(Nc2ccccc2S(=O)(=O)NC2CCC2)n1. The van der Waals surface area contributed by atoms with E-state index in [-0.39, 0.29) is 17.0 Å². The molecule has 0 amide bonds. The number of likely N-dealkylation sites (N-methyl/N-ethyl adjacent to an activating group) is 1. The molecule has 1 saturated carbocycles. The van der Waals surface area contributed by atoms with Gasteiger partial charge >= 0.3 is 0 Å². The zero-order chi connectivity index (χ0) is 32.3. The molecular weight excluding hydrogens is 622 g/mol. The molecule has 0 unspecified atom stereocenters. The highest BCUT2D eigenvalue weighted by molar-refractivity contribution is 7.89. The van der Waals surface area contributed by atoms with Crippen molar-refractivity contribution in [3.05, 3.63) is 65.1 Å². The lowest BCUT2D eigenvalue weighted by Gasteiger charge is -2.42. The minimum atomic E-state index is -3.71. The van der Waals surface area contributed by atoms with Crippen molar-refractivity contribution in [1.82, 2.24) is 24.5 Å². The summed E-state index contributed by atoms with van der Waals surface area (Å²) in [6.45, 7) is 10.7. The molecule has 2 aliphatic heterocycles. The lowest BCUT2D eigenvalue weighted by molar-refractivity contribution is 0.0982. The van der Waals surface area contributed by atoms with Crippen LogP contribution in [0.15, 0.2) is 53.6 Å². The molecule has 0 radical (unpaired) electrons. The number of piperidine rings is 1. The van der Waals surface area contributed by atoms with Crippen LogP contribution in [0.2, 0.25) is 5.02 Å². The van der Waals surface area contributed by atoms with Gasteiger partial charge in [-0.1, -0.05) is 36.2 Å². The number of nitrogens with one attached hydrogen (secondary N) is 2. The average molecular weight is 668 g/mol. The van der Waals surface area contributed by atoms with Gasteiger partial charge in [0.05, 0.1) is 18.0 Å². The van der Waals surface area contributed by atoms with Crippen LogP contribution in [0, 0.1) is 0 Å². The van der Waals surface area contributed by atoms with Crippen molar-refractivity contribution in [3.63, 3.8) is 0 Å². The van der Waals surface area contributed by atoms with E-state index in [1.165, 1.54) is 18.5 Å². The third-order valence-electron chi connectivity index (χ3n) is 9.30. The highest BCUT2D eigenvalue weighted by Gasteiger charge is 2.28. The molecule has 3 aromatic rings. The molecule has 3 aliphatic rings. The molecule has 0 atom stereocenters. The predicted molar refractivity (Wildman–Crippen MR) is 184 cm³/mol. The van der Waals surface area contributed by atoms with Crippen LogP contribution in [0.1, 0.15) is 57.3 Å². The molecule has 2 N–H and O–H groups in total. The van der Waals surface area contributed by atoms with E-state index in [4.69, 9.17) is 21.3 Å². The Bertz CT molecular complexity index is 1600. The molecule has 1 aliphatic carbocycles. The fraction of sp³-hybridized carbons (Fsp3) is 0.529. The molecule has 6 rings (SSSR count). The van der Waals surface area contributed by atoms with Gasteiger partial charge in [0, 0.05) is 75.1 Å². The third kappa shape index (κ3) is 7.94. The zero-order valence-electron chi connectivity index (χ0n) is 27.1. The maximum atomic E-state index is 13.2. The lowest BCUT2D eigenvalue weighted by Crippen LogP contribution is -2.52. The summed E-state index contributed by atoms with van der Waals surface area (Å²) in [6.07, 6.45) is 7.08. The number of hydrogen-bond acceptors (Lipinski definition) is 9. The molecule has 0 bridgehead atoms. The highest BCUT2D eigenvalue weighted by atomic mass is 35.5. The van der Waals surface area contributed by atoms with E-state index in [2.05, 4.69) is 55.0 Å². The monoisotopic (exact) mass is 667 g/mol. The van der Waals surface area contributed by atoms with Gasteiger partial charge in [-0.15, -0.1) is 0 Å². The Hall–Kier alpha value is -2.96. The number of para-hydroxylation sites is 1. The van der Waals surface area contributed by atoms with Crippen molar-refractivity contribution in [1.29, 1.82) is 0 Å². The van der Waals surface area contributed by atoms with E-state index in [0.717, 1.165) is 69.8 Å². The number of aromatic nitrogens is 2. The number of halogens is 1. The van der Waals surface area contributed by atoms with Crippen LogP contribution >= 0.6 is 11.6 Å². The van der Waals surface area contributed by atoms with Gasteiger partial charge in [0.1, 0.15) is 21.5 Å². The number of sulfonamides is 1. The fourth-order valence-corrected chi connectivity index (χ4v) is 8.02. The van der Waals surface area contributed by atoms with Crippen molar-refractivity contribution in [2.45, 2.75) is 75.5 Å². The maximum Gasteiger partial charge on any atom is 0.242 e. The number of hydrogen-bond donors (Lipinski definition) is 2. The maximum absolute atomic E-state index is 13.2. The highest BCUT2D eigenvalue weighted by Crippen LogP contribution is 2.33. The number of ether oxygens (including phenoxy) is 1. The molecule has 10 nitrogen and oxygen atoms in total. The fourth-order valence-electron chi connectivity index (χ4n) is 6.41. The number of anilines is 3. The van der Waals surface area contributed by atoms with Crippen LogP contribution in [-0.4, -0.2) is 92.7 Å². The predicted octanol–water partition coefficient (Wildman–Crippen LogP) is 5.30. The molecule has 1 aromatic heterocycles. The summed E-state index contributed by atoms with van der Waals surface area (Å²) in [4.78, 5) is 16.9. The van der Waals surface area contributed by atoms with Gasteiger partial charge in [0.15, 0.2) is 5.82 Å². The van der Waals surface area contributed by atoms with Crippen LogP contribution in [0.4, 0.5) is 17.2 Å². The van der Waals surface area contributed by atoms with Gasteiger partial charge in [0.2, 0.25) is 10.0 Å². The standard InChI is InChI=1S/C34H46ClN7O3S/c1-24(2)45-31-22-28(41-15-13-27(14-16-41)42-19-17-40(3)18-20-42)12-11-25(31)21-33-36-23-29(35)34(38-33)37-30-9-4-5-10-32(30)46(43,44)39-26-7-6-8-26/h4-5,9-12,22-24,26-27,39H,6-8,13-21H2,1-3H3,(H,36,37,38). The first-order valence-electron chi connectivity index (χ1n) is 16.5. The first-order chi connectivity index (χ1) is 22.1. The first-order valence-corrected chi connectivity index (χ1v) is 18.4. The number of piperazine rings is 1. The largest absolute Gasteiger partial charge is 0.491 e. The summed E-state index contributed by atoms with van der Waals surface area (Å²) in [5.41, 5.74) is 2.56. The van der Waals surface area contributed by atoms with Crippen molar-refractivity contribution in [2.24, 2.45) is 0 Å². The quantitative estimate of drug-likeness (QED) is 0.282. The molecule has 2 aromatic carbocycles. The summed E-state index contributed by atoms with van der Waals surface area (Å²) in [6, 6.07) is 13.9. The second kappa shape index (κ2) is 14.4. The van der Waals surface area contributed by atoms with Gasteiger partial charge in [0.25, 0.3) is 0 Å². The molecule has 2 saturated heterocycles. The molecule has 248 valence electrons. The lowest BCUT2D eigenvalue weighted by atomic mass is 9.94. The molecular formula is C34H46ClN7O3S. The number of nitrogens with zero attached hydrogens (tertiary/aromatic N) is 5. The molecule has 46 heavy (non-hydrogen) atoms. The van der Waals surface area contributed by atoms with E-state index < -0.39 is 10.0 Å². The summed E-state index contributed by atoms with van der Waals surface area (Å²) >= 11 is 6.52. The summed E-state index contributed by atoms with van der Waals surface area (Å²) in [7, 11) is -1.50. The van der Waals surface area contributed by atoms with Crippen molar-refractivity contribution >= 4 is 38.8 Å². The minimum absolute atomic E-state index is 0.00679. The van der Waals surface area contributed by atoms with E-state index >= 15 is 0 Å². The van der Waals surface area contributed by atoms with Crippen LogP contribution in [0.3, 0.4) is 0 Å². The normalized spacial score (nSPS) is 18.9. The van der Waals surface area contributed by atoms with E-state index in [1.54, 1.807) is 30.5 Å². The number of benzene rings is 2. The minimum Gasteiger partial charge on any atom is -0.491 e. The van der Waals surface area contributed by atoms with Crippen LogP contribution in [0.5, 0.6) is 5.75 Å². The van der Waals surface area contributed by atoms with Crippen molar-refractivity contribution in [3.8, 4) is 5.75 Å². The van der Waals surface area contributed by atoms with Crippen molar-refractivity contribution < 1.29 is 13.2 Å². The van der Waals surface area contributed by atoms with Gasteiger partial charge in [-0.3, -0.25) is 4.90 Å². The van der Waals surface area contributed by atoms with E-state index in [9.17, 15) is 8.42 Å². The molecule has 12 heteroatoms. The Morgan fingerprint density at radius 1 is 1.00 bits per heavy atom. The van der Waals surface area contributed by atoms with Crippen LogP contribution in [-0.2, 0) is 16.4 Å². The Morgan fingerprint density at radius 3 is 2.43 bits per heavy atom. The van der Waals surface area contributed by atoms with Gasteiger partial charge in [-0.05, 0) is 64.8 Å². The van der Waals surface area contributed by atoms with Gasteiger partial charge in [-0.2, -0.15) is 0 Å². The zero-order valence-corrected chi connectivity index (χ0v) is 28.7. The smallest absolute Gasteiger partial charge is 0.242 e. The van der Waals surface area contributed by atoms with Crippen LogP contribution < -0.4 is 19.7 Å². The Morgan fingerprint density at radius 2 is 1.74 bits per heavy atom. The summed E-state index contributed by atoms with van der Waals surface area (Å²) < 4.78 is 35.5. The topological polar surface area (TPSA) is 103 Å². The Labute approximate surface area is 278 Å². The Kier molecular flexibility index (Phi) is 10.3. The summed E-state index contributed by atoms with van der Waals surface area (Å²) in [5, 5.41) is 3.47.